The van der Waals surface area contributed by atoms with Crippen LogP contribution in [0.15, 0.2) is 42.5 Å². The zero-order valence-electron chi connectivity index (χ0n) is 18.2. The maximum atomic E-state index is 12.6. The van der Waals surface area contributed by atoms with Crippen molar-refractivity contribution in [1.82, 2.24) is 10.6 Å². The van der Waals surface area contributed by atoms with E-state index in [1.54, 1.807) is 0 Å². The van der Waals surface area contributed by atoms with Gasteiger partial charge in [0.05, 0.1) is 6.42 Å². The molecule has 0 aromatic heterocycles. The lowest BCUT2D eigenvalue weighted by atomic mass is 10.0. The molecule has 2 atom stereocenters. The first kappa shape index (κ1) is 23.4. The Bertz CT molecular complexity index is 873. The minimum Gasteiger partial charge on any atom is -0.454 e. The first-order valence-electron chi connectivity index (χ1n) is 10.5. The van der Waals surface area contributed by atoms with E-state index in [1.165, 1.54) is 0 Å². The van der Waals surface area contributed by atoms with Gasteiger partial charge in [-0.25, -0.2) is 4.79 Å². The highest BCUT2D eigenvalue weighted by molar-refractivity contribution is 5.92. The van der Waals surface area contributed by atoms with Crippen LogP contribution >= 0.6 is 0 Å². The zero-order chi connectivity index (χ0) is 22.1. The van der Waals surface area contributed by atoms with Crippen molar-refractivity contribution in [2.75, 3.05) is 6.61 Å². The van der Waals surface area contributed by atoms with Crippen molar-refractivity contribution in [2.24, 2.45) is 5.92 Å². The summed E-state index contributed by atoms with van der Waals surface area (Å²) in [4.78, 5) is 37.1. The minimum atomic E-state index is -0.812. The van der Waals surface area contributed by atoms with Crippen molar-refractivity contribution in [2.45, 2.75) is 59.0 Å². The number of benzene rings is 2. The Kier molecular flexibility index (Phi) is 8.84. The van der Waals surface area contributed by atoms with Crippen LogP contribution in [0.5, 0.6) is 0 Å². The molecule has 0 aliphatic heterocycles. The number of nitrogens with one attached hydrogen (secondary N) is 2. The molecule has 30 heavy (non-hydrogen) atoms. The highest BCUT2D eigenvalue weighted by Gasteiger charge is 2.26. The fourth-order valence-corrected chi connectivity index (χ4v) is 3.39. The average molecular weight is 413 g/mol. The molecule has 162 valence electrons. The molecule has 0 aliphatic rings. The third-order valence-electron chi connectivity index (χ3n) is 4.94. The number of hydrogen-bond donors (Lipinski definition) is 2. The highest BCUT2D eigenvalue weighted by atomic mass is 16.5. The second-order valence-corrected chi connectivity index (χ2v) is 7.97. The normalized spacial score (nSPS) is 13.0. The van der Waals surface area contributed by atoms with Crippen molar-refractivity contribution in [3.05, 3.63) is 48.0 Å². The Morgan fingerprint density at radius 2 is 1.63 bits per heavy atom. The molecular formula is C24H32N2O4. The second kappa shape index (κ2) is 11.3. The van der Waals surface area contributed by atoms with E-state index in [2.05, 4.69) is 10.6 Å². The summed E-state index contributed by atoms with van der Waals surface area (Å²) in [6, 6.07) is 12.9. The van der Waals surface area contributed by atoms with Crippen LogP contribution in [-0.2, 0) is 25.5 Å². The fraction of sp³-hybridized carbons (Fsp3) is 0.458. The summed E-state index contributed by atoms with van der Waals surface area (Å²) in [5, 5.41) is 7.63. The minimum absolute atomic E-state index is 0.0301. The van der Waals surface area contributed by atoms with Crippen molar-refractivity contribution >= 4 is 28.6 Å². The van der Waals surface area contributed by atoms with Gasteiger partial charge in [-0.3, -0.25) is 9.59 Å². The Morgan fingerprint density at radius 3 is 2.33 bits per heavy atom. The van der Waals surface area contributed by atoms with Gasteiger partial charge in [-0.15, -0.1) is 0 Å². The highest BCUT2D eigenvalue weighted by Crippen LogP contribution is 2.19. The number of fused-ring (bicyclic) bond motifs is 1. The van der Waals surface area contributed by atoms with Crippen LogP contribution in [0.25, 0.3) is 10.8 Å². The van der Waals surface area contributed by atoms with E-state index >= 15 is 0 Å². The zero-order valence-corrected chi connectivity index (χ0v) is 18.2. The molecule has 0 fully saturated rings. The van der Waals surface area contributed by atoms with Gasteiger partial charge in [0.15, 0.2) is 6.61 Å². The number of ether oxygens (including phenoxy) is 1. The van der Waals surface area contributed by atoms with E-state index in [0.717, 1.165) is 29.2 Å². The molecule has 2 rings (SSSR count). The van der Waals surface area contributed by atoms with Crippen LogP contribution in [0, 0.1) is 5.92 Å². The molecule has 0 bridgehead atoms. The molecular weight excluding hydrogens is 380 g/mol. The first-order valence-corrected chi connectivity index (χ1v) is 10.5. The molecule has 6 heteroatoms. The van der Waals surface area contributed by atoms with Gasteiger partial charge in [-0.2, -0.15) is 0 Å². The standard InChI is InChI=1S/C24H32N2O4/c1-5-9-17(4)25-22(28)15-30-24(29)23(16(2)3)26-21(27)14-19-12-8-11-18-10-6-7-13-20(18)19/h6-8,10-13,16-17,23H,5,9,14-15H2,1-4H3,(H,25,28)(H,26,27)/t17-,23+/m0/s1. The smallest absolute Gasteiger partial charge is 0.329 e. The molecule has 6 nitrogen and oxygen atoms in total. The molecule has 0 spiro atoms. The van der Waals surface area contributed by atoms with Crippen LogP contribution in [0.1, 0.15) is 46.1 Å². The third kappa shape index (κ3) is 6.87. The van der Waals surface area contributed by atoms with Gasteiger partial charge in [0, 0.05) is 6.04 Å². The average Bonchev–Trinajstić information content (AvgIpc) is 2.70. The number of carbonyl (C=O) groups is 3. The number of carbonyl (C=O) groups excluding carboxylic acids is 3. The van der Waals surface area contributed by atoms with Gasteiger partial charge in [0.1, 0.15) is 6.04 Å². The largest absolute Gasteiger partial charge is 0.454 e. The summed E-state index contributed by atoms with van der Waals surface area (Å²) in [7, 11) is 0. The summed E-state index contributed by atoms with van der Waals surface area (Å²) < 4.78 is 5.16. The molecule has 0 saturated heterocycles. The topological polar surface area (TPSA) is 84.5 Å². The summed E-state index contributed by atoms with van der Waals surface area (Å²) in [5.74, 6) is -1.37. The Hall–Kier alpha value is -2.89. The van der Waals surface area contributed by atoms with Gasteiger partial charge in [0.25, 0.3) is 5.91 Å². The van der Waals surface area contributed by atoms with E-state index in [4.69, 9.17) is 4.74 Å². The second-order valence-electron chi connectivity index (χ2n) is 7.97. The molecule has 0 heterocycles. The molecule has 0 radical (unpaired) electrons. The van der Waals surface area contributed by atoms with E-state index in [-0.39, 0.29) is 36.8 Å². The summed E-state index contributed by atoms with van der Waals surface area (Å²) in [5.41, 5.74) is 0.894. The predicted octanol–water partition coefficient (Wildman–Crippen LogP) is 3.37. The number of hydrogen-bond acceptors (Lipinski definition) is 4. The van der Waals surface area contributed by atoms with Crippen LogP contribution < -0.4 is 10.6 Å². The quantitative estimate of drug-likeness (QED) is 0.586. The Labute approximate surface area is 178 Å². The fourth-order valence-electron chi connectivity index (χ4n) is 3.39. The Morgan fingerprint density at radius 1 is 0.933 bits per heavy atom. The number of esters is 1. The van der Waals surface area contributed by atoms with Crippen molar-refractivity contribution in [3.8, 4) is 0 Å². The first-order chi connectivity index (χ1) is 14.3. The molecule has 0 saturated carbocycles. The van der Waals surface area contributed by atoms with Gasteiger partial charge in [0.2, 0.25) is 5.91 Å². The van der Waals surface area contributed by atoms with E-state index in [1.807, 2.05) is 70.2 Å². The van der Waals surface area contributed by atoms with Crippen molar-refractivity contribution in [1.29, 1.82) is 0 Å². The van der Waals surface area contributed by atoms with Crippen LogP contribution in [0.3, 0.4) is 0 Å². The summed E-state index contributed by atoms with van der Waals surface area (Å²) in [6.45, 7) is 7.25. The van der Waals surface area contributed by atoms with Crippen LogP contribution in [-0.4, -0.2) is 36.5 Å². The lowest BCUT2D eigenvalue weighted by molar-refractivity contribution is -0.152. The van der Waals surface area contributed by atoms with E-state index in [9.17, 15) is 14.4 Å². The SMILES string of the molecule is CCC[C@H](C)NC(=O)COC(=O)[C@H](NC(=O)Cc1cccc2ccccc12)C(C)C. The van der Waals surface area contributed by atoms with Crippen molar-refractivity contribution < 1.29 is 19.1 Å². The van der Waals surface area contributed by atoms with Crippen LogP contribution in [0.4, 0.5) is 0 Å². The van der Waals surface area contributed by atoms with E-state index < -0.39 is 12.0 Å². The lowest BCUT2D eigenvalue weighted by Gasteiger charge is -2.21. The molecule has 2 N–H and O–H groups in total. The van der Waals surface area contributed by atoms with Gasteiger partial charge < -0.3 is 15.4 Å². The number of amides is 2. The molecule has 0 aliphatic carbocycles. The lowest BCUT2D eigenvalue weighted by Crippen LogP contribution is -2.47. The molecule has 2 aromatic carbocycles. The van der Waals surface area contributed by atoms with Gasteiger partial charge in [-0.05, 0) is 35.6 Å². The monoisotopic (exact) mass is 412 g/mol. The van der Waals surface area contributed by atoms with Gasteiger partial charge in [-0.1, -0.05) is 69.7 Å². The maximum absolute atomic E-state index is 12.6. The van der Waals surface area contributed by atoms with Crippen LogP contribution in [0.2, 0.25) is 0 Å². The molecule has 2 aromatic rings. The Balaban J connectivity index is 1.95. The summed E-state index contributed by atoms with van der Waals surface area (Å²) >= 11 is 0. The molecule has 0 unspecified atom stereocenters. The third-order valence-corrected chi connectivity index (χ3v) is 4.94. The van der Waals surface area contributed by atoms with E-state index in [0.29, 0.717) is 0 Å². The predicted molar refractivity (Wildman–Crippen MR) is 118 cm³/mol. The molecule has 2 amide bonds. The maximum Gasteiger partial charge on any atom is 0.329 e. The van der Waals surface area contributed by atoms with Crippen molar-refractivity contribution in [3.63, 3.8) is 0 Å². The van der Waals surface area contributed by atoms with Gasteiger partial charge >= 0.3 is 5.97 Å². The number of rotatable bonds is 10. The summed E-state index contributed by atoms with van der Waals surface area (Å²) in [6.07, 6.45) is 1.98.